The van der Waals surface area contributed by atoms with Crippen molar-refractivity contribution in [2.75, 3.05) is 20.8 Å². The van der Waals surface area contributed by atoms with Crippen LogP contribution in [0, 0.1) is 0 Å². The Hall–Kier alpha value is -1.55. The van der Waals surface area contributed by atoms with E-state index in [2.05, 4.69) is 5.32 Å². The Balaban J connectivity index is 2.87. The number of nitrogens with one attached hydrogen (secondary N) is 1. The van der Waals surface area contributed by atoms with Crippen molar-refractivity contribution < 1.29 is 14.3 Å². The fourth-order valence-corrected chi connectivity index (χ4v) is 1.53. The van der Waals surface area contributed by atoms with Crippen LogP contribution < -0.4 is 10.1 Å². The Morgan fingerprint density at radius 3 is 2.71 bits per heavy atom. The van der Waals surface area contributed by atoms with Crippen LogP contribution in [0.5, 0.6) is 5.75 Å². The summed E-state index contributed by atoms with van der Waals surface area (Å²) in [6.45, 7) is 3.13. The van der Waals surface area contributed by atoms with E-state index < -0.39 is 0 Å². The summed E-state index contributed by atoms with van der Waals surface area (Å²) in [6, 6.07) is 5.34. The minimum Gasteiger partial charge on any atom is -0.496 e. The summed E-state index contributed by atoms with van der Waals surface area (Å²) in [5.74, 6) is 0.672. The van der Waals surface area contributed by atoms with Crippen molar-refractivity contribution in [3.63, 3.8) is 0 Å². The van der Waals surface area contributed by atoms with Gasteiger partial charge in [-0.05, 0) is 24.6 Å². The van der Waals surface area contributed by atoms with Gasteiger partial charge in [-0.25, -0.2) is 0 Å². The average Bonchev–Trinajstić information content (AvgIpc) is 2.36. The molecule has 0 aliphatic rings. The molecule has 1 aromatic carbocycles. The molecule has 0 fully saturated rings. The van der Waals surface area contributed by atoms with E-state index in [0.717, 1.165) is 17.7 Å². The molecule has 0 bridgehead atoms. The zero-order chi connectivity index (χ0) is 12.7. The van der Waals surface area contributed by atoms with Gasteiger partial charge in [-0.15, -0.1) is 0 Å². The number of hydrogen-bond donors (Lipinski definition) is 1. The van der Waals surface area contributed by atoms with Gasteiger partial charge in [0, 0.05) is 24.8 Å². The van der Waals surface area contributed by atoms with Crippen molar-refractivity contribution >= 4 is 5.91 Å². The second kappa shape index (κ2) is 6.91. The van der Waals surface area contributed by atoms with Crippen molar-refractivity contribution in [2.45, 2.75) is 20.0 Å². The largest absolute Gasteiger partial charge is 0.496 e. The highest BCUT2D eigenvalue weighted by Gasteiger charge is 2.09. The number of methoxy groups -OCH3 is 2. The third-order valence-corrected chi connectivity index (χ3v) is 2.38. The van der Waals surface area contributed by atoms with Crippen molar-refractivity contribution in [1.82, 2.24) is 5.32 Å². The minimum absolute atomic E-state index is 0.0631. The first-order valence-electron chi connectivity index (χ1n) is 5.67. The molecule has 0 heterocycles. The fraction of sp³-hybridized carbons (Fsp3) is 0.462. The summed E-state index contributed by atoms with van der Waals surface area (Å²) in [7, 11) is 3.22. The molecule has 0 aliphatic carbocycles. The van der Waals surface area contributed by atoms with Gasteiger partial charge < -0.3 is 14.8 Å². The molecule has 1 aromatic rings. The number of hydrogen-bond acceptors (Lipinski definition) is 3. The number of carbonyl (C=O) groups is 1. The predicted molar refractivity (Wildman–Crippen MR) is 66.3 cm³/mol. The highest BCUT2D eigenvalue weighted by molar-refractivity contribution is 5.94. The van der Waals surface area contributed by atoms with Gasteiger partial charge >= 0.3 is 0 Å². The molecule has 0 saturated carbocycles. The maximum Gasteiger partial charge on any atom is 0.251 e. The molecule has 4 heteroatoms. The van der Waals surface area contributed by atoms with Crippen LogP contribution in [0.1, 0.15) is 29.3 Å². The smallest absolute Gasteiger partial charge is 0.251 e. The van der Waals surface area contributed by atoms with Crippen molar-refractivity contribution in [3.05, 3.63) is 29.3 Å². The van der Waals surface area contributed by atoms with Crippen LogP contribution in [-0.2, 0) is 11.3 Å². The van der Waals surface area contributed by atoms with Gasteiger partial charge in [0.2, 0.25) is 0 Å². The second-order valence-electron chi connectivity index (χ2n) is 3.72. The van der Waals surface area contributed by atoms with Gasteiger partial charge in [0.15, 0.2) is 0 Å². The summed E-state index contributed by atoms with van der Waals surface area (Å²) in [6.07, 6.45) is 0.923. The van der Waals surface area contributed by atoms with Gasteiger partial charge in [0.05, 0.1) is 13.7 Å². The van der Waals surface area contributed by atoms with Gasteiger partial charge in [-0.1, -0.05) is 6.92 Å². The number of ether oxygens (including phenoxy) is 2. The van der Waals surface area contributed by atoms with Crippen molar-refractivity contribution in [1.29, 1.82) is 0 Å². The lowest BCUT2D eigenvalue weighted by Crippen LogP contribution is -2.24. The summed E-state index contributed by atoms with van der Waals surface area (Å²) >= 11 is 0. The molecule has 1 amide bonds. The highest BCUT2D eigenvalue weighted by atomic mass is 16.5. The summed E-state index contributed by atoms with van der Waals surface area (Å²) < 4.78 is 10.3. The first-order chi connectivity index (χ1) is 8.22. The lowest BCUT2D eigenvalue weighted by molar-refractivity contribution is 0.0953. The highest BCUT2D eigenvalue weighted by Crippen LogP contribution is 2.20. The quantitative estimate of drug-likeness (QED) is 0.823. The minimum atomic E-state index is -0.0631. The van der Waals surface area contributed by atoms with E-state index in [1.807, 2.05) is 6.92 Å². The Bertz CT molecular complexity index is 377. The molecule has 4 nitrogen and oxygen atoms in total. The van der Waals surface area contributed by atoms with E-state index >= 15 is 0 Å². The van der Waals surface area contributed by atoms with E-state index in [-0.39, 0.29) is 5.91 Å². The maximum atomic E-state index is 11.8. The lowest BCUT2D eigenvalue weighted by Gasteiger charge is -2.10. The third-order valence-electron chi connectivity index (χ3n) is 2.38. The molecular weight excluding hydrogens is 218 g/mol. The zero-order valence-electron chi connectivity index (χ0n) is 10.6. The molecule has 0 saturated heterocycles. The molecule has 0 aliphatic heterocycles. The van der Waals surface area contributed by atoms with Gasteiger partial charge in [0.25, 0.3) is 5.91 Å². The Labute approximate surface area is 102 Å². The van der Waals surface area contributed by atoms with Crippen molar-refractivity contribution in [3.8, 4) is 5.75 Å². The molecule has 94 valence electrons. The van der Waals surface area contributed by atoms with Gasteiger partial charge in [-0.2, -0.15) is 0 Å². The lowest BCUT2D eigenvalue weighted by atomic mass is 10.1. The molecule has 17 heavy (non-hydrogen) atoms. The van der Waals surface area contributed by atoms with Crippen molar-refractivity contribution in [2.24, 2.45) is 0 Å². The summed E-state index contributed by atoms with van der Waals surface area (Å²) in [5, 5.41) is 2.83. The van der Waals surface area contributed by atoms with E-state index in [9.17, 15) is 4.79 Å². The molecule has 1 rings (SSSR count). The van der Waals surface area contributed by atoms with Gasteiger partial charge in [0.1, 0.15) is 5.75 Å². The van der Waals surface area contributed by atoms with E-state index in [1.165, 1.54) is 0 Å². The predicted octanol–water partition coefficient (Wildman–Crippen LogP) is 1.98. The molecule has 1 N–H and O–H groups in total. The molecule has 0 radical (unpaired) electrons. The monoisotopic (exact) mass is 237 g/mol. The molecule has 0 spiro atoms. The first kappa shape index (κ1) is 13.5. The van der Waals surface area contributed by atoms with E-state index in [1.54, 1.807) is 32.4 Å². The number of rotatable bonds is 6. The van der Waals surface area contributed by atoms with Gasteiger partial charge in [-0.3, -0.25) is 4.79 Å². The summed E-state index contributed by atoms with van der Waals surface area (Å²) in [5.41, 5.74) is 1.51. The molecule has 0 aromatic heterocycles. The number of carbonyl (C=O) groups excluding carboxylic acids is 1. The van der Waals surface area contributed by atoms with Crippen LogP contribution in [-0.4, -0.2) is 26.7 Å². The topological polar surface area (TPSA) is 47.6 Å². The summed E-state index contributed by atoms with van der Waals surface area (Å²) in [4.78, 5) is 11.8. The standard InChI is InChI=1S/C13H19NO3/c1-4-7-14-13(15)10-5-6-12(17-3)11(8-10)9-16-2/h5-6,8H,4,7,9H2,1-3H3,(H,14,15). The van der Waals surface area contributed by atoms with Crippen LogP contribution in [0.25, 0.3) is 0 Å². The second-order valence-corrected chi connectivity index (χ2v) is 3.72. The van der Waals surface area contributed by atoms with Crippen LogP contribution in [0.3, 0.4) is 0 Å². The third kappa shape index (κ3) is 3.75. The van der Waals surface area contributed by atoms with E-state index in [4.69, 9.17) is 9.47 Å². The molecular formula is C13H19NO3. The maximum absolute atomic E-state index is 11.8. The fourth-order valence-electron chi connectivity index (χ4n) is 1.53. The Kier molecular flexibility index (Phi) is 5.49. The molecule has 0 atom stereocenters. The number of benzene rings is 1. The Morgan fingerprint density at radius 2 is 2.12 bits per heavy atom. The SMILES string of the molecule is CCCNC(=O)c1ccc(OC)c(COC)c1. The average molecular weight is 237 g/mol. The van der Waals surface area contributed by atoms with E-state index in [0.29, 0.717) is 18.7 Å². The first-order valence-corrected chi connectivity index (χ1v) is 5.67. The number of amides is 1. The van der Waals surface area contributed by atoms with Crippen LogP contribution in [0.15, 0.2) is 18.2 Å². The van der Waals surface area contributed by atoms with Crippen LogP contribution in [0.4, 0.5) is 0 Å². The van der Waals surface area contributed by atoms with Crippen LogP contribution in [0.2, 0.25) is 0 Å². The molecule has 0 unspecified atom stereocenters. The zero-order valence-corrected chi connectivity index (χ0v) is 10.6. The Morgan fingerprint density at radius 1 is 1.35 bits per heavy atom. The van der Waals surface area contributed by atoms with Crippen LogP contribution >= 0.6 is 0 Å². The normalized spacial score (nSPS) is 10.1.